The predicted octanol–water partition coefficient (Wildman–Crippen LogP) is 2.30. The minimum absolute atomic E-state index is 0.0672. The van der Waals surface area contributed by atoms with E-state index in [1.807, 2.05) is 0 Å². The van der Waals surface area contributed by atoms with Crippen molar-refractivity contribution in [2.75, 3.05) is 26.2 Å². The molecule has 0 amide bonds. The Kier molecular flexibility index (Phi) is 4.68. The molecule has 2 aliphatic rings. The molecule has 1 aliphatic heterocycles. The fourth-order valence-corrected chi connectivity index (χ4v) is 3.40. The lowest BCUT2D eigenvalue weighted by Crippen LogP contribution is -2.46. The number of nitrogens with two attached hydrogens (primary N) is 1. The molecule has 1 unspecified atom stereocenters. The lowest BCUT2D eigenvalue weighted by molar-refractivity contribution is 0.0173. The first-order valence-electron chi connectivity index (χ1n) is 7.62. The Balaban J connectivity index is 1.77. The molecule has 1 atom stereocenters. The molecule has 3 nitrogen and oxygen atoms in total. The summed E-state index contributed by atoms with van der Waals surface area (Å²) in [5.41, 5.74) is 6.46. The van der Waals surface area contributed by atoms with Crippen LogP contribution in [0.4, 0.5) is 0 Å². The normalized spacial score (nSPS) is 41.2. The minimum Gasteiger partial charge on any atom is -0.374 e. The molecule has 1 aliphatic carbocycles. The SMILES string of the molecule is CC1CCC(CN)(CNCC2(C)CCCO2)CC1. The summed E-state index contributed by atoms with van der Waals surface area (Å²) in [6.45, 7) is 8.38. The second-order valence-electron chi connectivity index (χ2n) is 6.89. The van der Waals surface area contributed by atoms with Crippen LogP contribution in [0.2, 0.25) is 0 Å². The lowest BCUT2D eigenvalue weighted by Gasteiger charge is -2.39. The maximum atomic E-state index is 6.04. The highest BCUT2D eigenvalue weighted by molar-refractivity contribution is 4.89. The van der Waals surface area contributed by atoms with Crippen LogP contribution in [-0.4, -0.2) is 31.8 Å². The third kappa shape index (κ3) is 3.46. The number of ether oxygens (including phenoxy) is 1. The van der Waals surface area contributed by atoms with Crippen molar-refractivity contribution in [3.8, 4) is 0 Å². The molecule has 3 heteroatoms. The molecule has 0 spiro atoms. The molecule has 0 aromatic heterocycles. The summed E-state index contributed by atoms with van der Waals surface area (Å²) < 4.78 is 5.82. The van der Waals surface area contributed by atoms with Crippen LogP contribution in [0.25, 0.3) is 0 Å². The average Bonchev–Trinajstić information content (AvgIpc) is 2.79. The van der Waals surface area contributed by atoms with Crippen LogP contribution in [0.3, 0.4) is 0 Å². The molecule has 2 fully saturated rings. The molecule has 18 heavy (non-hydrogen) atoms. The summed E-state index contributed by atoms with van der Waals surface area (Å²) in [6, 6.07) is 0. The Labute approximate surface area is 112 Å². The van der Waals surface area contributed by atoms with E-state index >= 15 is 0 Å². The largest absolute Gasteiger partial charge is 0.374 e. The molecule has 1 saturated carbocycles. The van der Waals surface area contributed by atoms with Crippen LogP contribution in [0.5, 0.6) is 0 Å². The van der Waals surface area contributed by atoms with E-state index < -0.39 is 0 Å². The van der Waals surface area contributed by atoms with Gasteiger partial charge in [-0.25, -0.2) is 0 Å². The van der Waals surface area contributed by atoms with Gasteiger partial charge in [0.2, 0.25) is 0 Å². The number of hydrogen-bond acceptors (Lipinski definition) is 3. The van der Waals surface area contributed by atoms with Gasteiger partial charge in [0.25, 0.3) is 0 Å². The number of hydrogen-bond donors (Lipinski definition) is 2. The van der Waals surface area contributed by atoms with Gasteiger partial charge in [0.1, 0.15) is 0 Å². The average molecular weight is 254 g/mol. The molecule has 0 aromatic carbocycles. The predicted molar refractivity (Wildman–Crippen MR) is 75.6 cm³/mol. The van der Waals surface area contributed by atoms with Gasteiger partial charge in [0.05, 0.1) is 5.60 Å². The van der Waals surface area contributed by atoms with Gasteiger partial charge in [0, 0.05) is 19.7 Å². The highest BCUT2D eigenvalue weighted by atomic mass is 16.5. The van der Waals surface area contributed by atoms with E-state index in [-0.39, 0.29) is 5.60 Å². The summed E-state index contributed by atoms with van der Waals surface area (Å²) in [6.07, 6.45) is 7.65. The van der Waals surface area contributed by atoms with E-state index in [1.54, 1.807) is 0 Å². The third-order valence-electron chi connectivity index (χ3n) is 5.07. The highest BCUT2D eigenvalue weighted by Gasteiger charge is 2.34. The van der Waals surface area contributed by atoms with Gasteiger partial charge in [-0.1, -0.05) is 19.8 Å². The van der Waals surface area contributed by atoms with E-state index in [9.17, 15) is 0 Å². The number of nitrogens with one attached hydrogen (secondary N) is 1. The lowest BCUT2D eigenvalue weighted by atomic mass is 9.71. The molecule has 2 rings (SSSR count). The zero-order valence-electron chi connectivity index (χ0n) is 12.1. The van der Waals surface area contributed by atoms with Crippen molar-refractivity contribution in [2.24, 2.45) is 17.1 Å². The van der Waals surface area contributed by atoms with Crippen LogP contribution in [-0.2, 0) is 4.74 Å². The summed E-state index contributed by atoms with van der Waals surface area (Å²) in [7, 11) is 0. The highest BCUT2D eigenvalue weighted by Crippen LogP contribution is 2.37. The second kappa shape index (κ2) is 5.89. The molecule has 1 saturated heterocycles. The monoisotopic (exact) mass is 254 g/mol. The Bertz CT molecular complexity index is 253. The molecule has 0 radical (unpaired) electrons. The van der Waals surface area contributed by atoms with Crippen molar-refractivity contribution in [1.29, 1.82) is 0 Å². The van der Waals surface area contributed by atoms with Gasteiger partial charge in [-0.3, -0.25) is 0 Å². The third-order valence-corrected chi connectivity index (χ3v) is 5.07. The van der Waals surface area contributed by atoms with E-state index in [0.29, 0.717) is 5.41 Å². The van der Waals surface area contributed by atoms with Gasteiger partial charge >= 0.3 is 0 Å². The van der Waals surface area contributed by atoms with Crippen molar-refractivity contribution in [1.82, 2.24) is 5.32 Å². The van der Waals surface area contributed by atoms with Crippen molar-refractivity contribution in [3.05, 3.63) is 0 Å². The quantitative estimate of drug-likeness (QED) is 0.791. The van der Waals surface area contributed by atoms with Gasteiger partial charge in [-0.05, 0) is 50.5 Å². The van der Waals surface area contributed by atoms with Crippen LogP contribution in [0.1, 0.15) is 52.4 Å². The van der Waals surface area contributed by atoms with E-state index in [4.69, 9.17) is 10.5 Å². The minimum atomic E-state index is 0.0672. The zero-order valence-corrected chi connectivity index (χ0v) is 12.1. The van der Waals surface area contributed by atoms with Gasteiger partial charge < -0.3 is 15.8 Å². The summed E-state index contributed by atoms with van der Waals surface area (Å²) in [4.78, 5) is 0. The summed E-state index contributed by atoms with van der Waals surface area (Å²) in [5, 5.41) is 3.64. The van der Waals surface area contributed by atoms with Crippen LogP contribution in [0, 0.1) is 11.3 Å². The smallest absolute Gasteiger partial charge is 0.0779 e. The Hall–Kier alpha value is -0.120. The Morgan fingerprint density at radius 1 is 1.22 bits per heavy atom. The van der Waals surface area contributed by atoms with E-state index in [2.05, 4.69) is 19.2 Å². The second-order valence-corrected chi connectivity index (χ2v) is 6.89. The molecular weight excluding hydrogens is 224 g/mol. The zero-order chi connectivity index (χ0) is 13.1. The standard InChI is InChI=1S/C15H30N2O/c1-13-4-7-15(10-16,8-5-13)12-17-11-14(2)6-3-9-18-14/h13,17H,3-12,16H2,1-2H3. The van der Waals surface area contributed by atoms with Crippen molar-refractivity contribution in [3.63, 3.8) is 0 Å². The van der Waals surface area contributed by atoms with Crippen molar-refractivity contribution >= 4 is 0 Å². The van der Waals surface area contributed by atoms with Crippen LogP contribution < -0.4 is 11.1 Å². The van der Waals surface area contributed by atoms with Crippen molar-refractivity contribution < 1.29 is 4.74 Å². The topological polar surface area (TPSA) is 47.3 Å². The van der Waals surface area contributed by atoms with Gasteiger partial charge in [0.15, 0.2) is 0 Å². The summed E-state index contributed by atoms with van der Waals surface area (Å²) >= 11 is 0. The first-order chi connectivity index (χ1) is 8.58. The number of rotatable bonds is 5. The Morgan fingerprint density at radius 2 is 1.94 bits per heavy atom. The molecule has 0 aromatic rings. The first kappa shape index (κ1) is 14.3. The fourth-order valence-electron chi connectivity index (χ4n) is 3.40. The Morgan fingerprint density at radius 3 is 2.50 bits per heavy atom. The maximum Gasteiger partial charge on any atom is 0.0779 e. The van der Waals surface area contributed by atoms with E-state index in [1.165, 1.54) is 38.5 Å². The van der Waals surface area contributed by atoms with Crippen LogP contribution >= 0.6 is 0 Å². The fraction of sp³-hybridized carbons (Fsp3) is 1.00. The summed E-state index contributed by atoms with van der Waals surface area (Å²) in [5.74, 6) is 0.889. The van der Waals surface area contributed by atoms with Gasteiger partial charge in [-0.2, -0.15) is 0 Å². The molecule has 1 heterocycles. The van der Waals surface area contributed by atoms with Crippen LogP contribution in [0.15, 0.2) is 0 Å². The van der Waals surface area contributed by atoms with E-state index in [0.717, 1.165) is 32.2 Å². The molecular formula is C15H30N2O. The first-order valence-corrected chi connectivity index (χ1v) is 7.62. The molecule has 3 N–H and O–H groups in total. The van der Waals surface area contributed by atoms with Crippen molar-refractivity contribution in [2.45, 2.75) is 58.0 Å². The maximum absolute atomic E-state index is 6.04. The molecule has 106 valence electrons. The van der Waals surface area contributed by atoms with Gasteiger partial charge in [-0.15, -0.1) is 0 Å². The molecule has 0 bridgehead atoms.